The van der Waals surface area contributed by atoms with Gasteiger partial charge in [0.25, 0.3) is 5.91 Å². The van der Waals surface area contributed by atoms with Gasteiger partial charge in [0.05, 0.1) is 16.6 Å². The number of hydrogen-bond acceptors (Lipinski definition) is 3. The van der Waals surface area contributed by atoms with Crippen LogP contribution in [-0.2, 0) is 0 Å². The van der Waals surface area contributed by atoms with Crippen LogP contribution < -0.4 is 11.1 Å². The van der Waals surface area contributed by atoms with Crippen LogP contribution in [0, 0.1) is 6.92 Å². The molecule has 1 amide bonds. The molecular weight excluding hydrogens is 262 g/mol. The quantitative estimate of drug-likeness (QED) is 0.909. The molecule has 3 N–H and O–H groups in total. The van der Waals surface area contributed by atoms with Crippen molar-refractivity contribution in [2.45, 2.75) is 38.1 Å². The SMILES string of the molecule is Cc1ccc2cccc(C(=O)NC3(CN)CCCC3)c2n1. The number of amides is 1. The van der Waals surface area contributed by atoms with Crippen LogP contribution in [0.4, 0.5) is 0 Å². The topological polar surface area (TPSA) is 68.0 Å². The molecule has 0 unspecified atom stereocenters. The van der Waals surface area contributed by atoms with Gasteiger partial charge in [0.15, 0.2) is 0 Å². The number of rotatable bonds is 3. The van der Waals surface area contributed by atoms with Crippen molar-refractivity contribution in [2.75, 3.05) is 6.54 Å². The summed E-state index contributed by atoms with van der Waals surface area (Å²) < 4.78 is 0. The van der Waals surface area contributed by atoms with Gasteiger partial charge in [-0.25, -0.2) is 0 Å². The molecule has 4 nitrogen and oxygen atoms in total. The fourth-order valence-corrected chi connectivity index (χ4v) is 3.17. The molecule has 1 aliphatic carbocycles. The second-order valence-corrected chi connectivity index (χ2v) is 5.98. The Bertz CT molecular complexity index is 675. The number of hydrogen-bond donors (Lipinski definition) is 2. The maximum Gasteiger partial charge on any atom is 0.253 e. The highest BCUT2D eigenvalue weighted by Gasteiger charge is 2.34. The number of nitrogens with one attached hydrogen (secondary N) is 1. The Labute approximate surface area is 124 Å². The third-order valence-electron chi connectivity index (χ3n) is 4.43. The number of aromatic nitrogens is 1. The second-order valence-electron chi connectivity index (χ2n) is 5.98. The Hall–Kier alpha value is -1.94. The van der Waals surface area contributed by atoms with E-state index in [2.05, 4.69) is 10.3 Å². The molecule has 1 saturated carbocycles. The summed E-state index contributed by atoms with van der Waals surface area (Å²) in [5, 5.41) is 4.15. The molecule has 1 aliphatic rings. The summed E-state index contributed by atoms with van der Waals surface area (Å²) in [4.78, 5) is 17.2. The van der Waals surface area contributed by atoms with Crippen LogP contribution in [0.5, 0.6) is 0 Å². The zero-order chi connectivity index (χ0) is 14.9. The maximum atomic E-state index is 12.7. The van der Waals surface area contributed by atoms with E-state index >= 15 is 0 Å². The Morgan fingerprint density at radius 2 is 2.05 bits per heavy atom. The molecule has 1 aromatic heterocycles. The van der Waals surface area contributed by atoms with Gasteiger partial charge < -0.3 is 11.1 Å². The van der Waals surface area contributed by atoms with Crippen LogP contribution in [0.1, 0.15) is 41.7 Å². The highest BCUT2D eigenvalue weighted by molar-refractivity contribution is 6.05. The molecule has 0 radical (unpaired) electrons. The number of fused-ring (bicyclic) bond motifs is 1. The van der Waals surface area contributed by atoms with Crippen molar-refractivity contribution in [3.8, 4) is 0 Å². The van der Waals surface area contributed by atoms with Crippen LogP contribution in [0.25, 0.3) is 10.9 Å². The fourth-order valence-electron chi connectivity index (χ4n) is 3.17. The van der Waals surface area contributed by atoms with E-state index in [0.717, 1.165) is 42.3 Å². The number of benzene rings is 1. The summed E-state index contributed by atoms with van der Waals surface area (Å²) in [6, 6.07) is 9.68. The Kier molecular flexibility index (Phi) is 3.64. The molecule has 1 fully saturated rings. The lowest BCUT2D eigenvalue weighted by Crippen LogP contribution is -2.51. The molecule has 21 heavy (non-hydrogen) atoms. The van der Waals surface area contributed by atoms with Gasteiger partial charge in [0, 0.05) is 17.6 Å². The Balaban J connectivity index is 1.96. The third kappa shape index (κ3) is 2.63. The molecule has 3 rings (SSSR count). The number of pyridine rings is 1. The van der Waals surface area contributed by atoms with Crippen molar-refractivity contribution < 1.29 is 4.79 Å². The standard InChI is InChI=1S/C17H21N3O/c1-12-7-8-13-5-4-6-14(15(13)19-12)16(21)20-17(11-18)9-2-3-10-17/h4-8H,2-3,9-11,18H2,1H3,(H,20,21). The largest absolute Gasteiger partial charge is 0.345 e. The summed E-state index contributed by atoms with van der Waals surface area (Å²) in [5.41, 5.74) is 7.98. The first-order chi connectivity index (χ1) is 10.1. The molecule has 0 saturated heterocycles. The van der Waals surface area contributed by atoms with E-state index in [-0.39, 0.29) is 11.4 Å². The van der Waals surface area contributed by atoms with Gasteiger partial charge in [-0.15, -0.1) is 0 Å². The highest BCUT2D eigenvalue weighted by Crippen LogP contribution is 2.29. The van der Waals surface area contributed by atoms with Gasteiger partial charge in [0.1, 0.15) is 0 Å². The third-order valence-corrected chi connectivity index (χ3v) is 4.43. The number of carbonyl (C=O) groups is 1. The van der Waals surface area contributed by atoms with E-state index in [9.17, 15) is 4.79 Å². The van der Waals surface area contributed by atoms with Crippen LogP contribution in [0.3, 0.4) is 0 Å². The van der Waals surface area contributed by atoms with E-state index in [1.807, 2.05) is 37.3 Å². The predicted octanol–water partition coefficient (Wildman–Crippen LogP) is 2.54. The fraction of sp³-hybridized carbons (Fsp3) is 0.412. The highest BCUT2D eigenvalue weighted by atomic mass is 16.1. The van der Waals surface area contributed by atoms with Crippen molar-refractivity contribution in [1.29, 1.82) is 0 Å². The van der Waals surface area contributed by atoms with Gasteiger partial charge in [0.2, 0.25) is 0 Å². The van der Waals surface area contributed by atoms with Crippen molar-refractivity contribution in [3.05, 3.63) is 41.6 Å². The van der Waals surface area contributed by atoms with E-state index in [0.29, 0.717) is 12.1 Å². The summed E-state index contributed by atoms with van der Waals surface area (Å²) in [7, 11) is 0. The summed E-state index contributed by atoms with van der Waals surface area (Å²) in [5.74, 6) is -0.0638. The van der Waals surface area contributed by atoms with Crippen molar-refractivity contribution in [2.24, 2.45) is 5.73 Å². The van der Waals surface area contributed by atoms with E-state index in [1.165, 1.54) is 0 Å². The van der Waals surface area contributed by atoms with Gasteiger partial charge >= 0.3 is 0 Å². The molecule has 2 aromatic rings. The Morgan fingerprint density at radius 1 is 1.29 bits per heavy atom. The van der Waals surface area contributed by atoms with Gasteiger partial charge in [-0.05, 0) is 31.9 Å². The lowest BCUT2D eigenvalue weighted by Gasteiger charge is -2.28. The normalized spacial score (nSPS) is 17.0. The minimum Gasteiger partial charge on any atom is -0.345 e. The molecule has 110 valence electrons. The minimum absolute atomic E-state index is 0.0638. The maximum absolute atomic E-state index is 12.7. The number of para-hydroxylation sites is 1. The summed E-state index contributed by atoms with van der Waals surface area (Å²) >= 11 is 0. The van der Waals surface area contributed by atoms with Crippen molar-refractivity contribution in [3.63, 3.8) is 0 Å². The average molecular weight is 283 g/mol. The van der Waals surface area contributed by atoms with Crippen LogP contribution in [-0.4, -0.2) is 23.0 Å². The molecule has 0 spiro atoms. The van der Waals surface area contributed by atoms with E-state index in [1.54, 1.807) is 0 Å². The predicted molar refractivity (Wildman–Crippen MR) is 84.2 cm³/mol. The monoisotopic (exact) mass is 283 g/mol. The molecule has 0 atom stereocenters. The first kappa shape index (κ1) is 14.0. The Morgan fingerprint density at radius 3 is 2.76 bits per heavy atom. The number of nitrogens with two attached hydrogens (primary N) is 1. The van der Waals surface area contributed by atoms with Crippen molar-refractivity contribution in [1.82, 2.24) is 10.3 Å². The van der Waals surface area contributed by atoms with E-state index < -0.39 is 0 Å². The van der Waals surface area contributed by atoms with Crippen LogP contribution in [0.15, 0.2) is 30.3 Å². The average Bonchev–Trinajstić information content (AvgIpc) is 2.95. The lowest BCUT2D eigenvalue weighted by molar-refractivity contribution is 0.0904. The first-order valence-electron chi connectivity index (χ1n) is 7.52. The second kappa shape index (κ2) is 5.45. The molecule has 1 heterocycles. The smallest absolute Gasteiger partial charge is 0.253 e. The minimum atomic E-state index is -0.233. The molecule has 0 bridgehead atoms. The number of carbonyl (C=O) groups excluding carboxylic acids is 1. The van der Waals surface area contributed by atoms with Crippen LogP contribution >= 0.6 is 0 Å². The van der Waals surface area contributed by atoms with E-state index in [4.69, 9.17) is 5.73 Å². The molecule has 0 aliphatic heterocycles. The van der Waals surface area contributed by atoms with Crippen LogP contribution in [0.2, 0.25) is 0 Å². The van der Waals surface area contributed by atoms with Gasteiger partial charge in [-0.3, -0.25) is 9.78 Å². The summed E-state index contributed by atoms with van der Waals surface area (Å²) in [6.07, 6.45) is 4.19. The molecular formula is C17H21N3O. The molecule has 4 heteroatoms. The summed E-state index contributed by atoms with van der Waals surface area (Å²) in [6.45, 7) is 2.43. The molecule has 1 aromatic carbocycles. The number of aryl methyl sites for hydroxylation is 1. The van der Waals surface area contributed by atoms with Gasteiger partial charge in [-0.2, -0.15) is 0 Å². The lowest BCUT2D eigenvalue weighted by atomic mass is 9.97. The van der Waals surface area contributed by atoms with Gasteiger partial charge in [-0.1, -0.05) is 31.0 Å². The zero-order valence-electron chi connectivity index (χ0n) is 12.4. The zero-order valence-corrected chi connectivity index (χ0v) is 12.4. The first-order valence-corrected chi connectivity index (χ1v) is 7.52. The number of nitrogens with zero attached hydrogens (tertiary/aromatic N) is 1. The van der Waals surface area contributed by atoms with Crippen molar-refractivity contribution >= 4 is 16.8 Å².